The maximum Gasteiger partial charge on any atom is 0.276 e. The zero-order valence-electron chi connectivity index (χ0n) is 9.78. The zero-order valence-corrected chi connectivity index (χ0v) is 10.6. The lowest BCUT2D eigenvalue weighted by atomic mass is 10.2. The van der Waals surface area contributed by atoms with Gasteiger partial charge in [0.25, 0.3) is 5.22 Å². The average molecular weight is 266 g/mol. The second kappa shape index (κ2) is 7.15. The second-order valence-electron chi connectivity index (χ2n) is 3.42. The van der Waals surface area contributed by atoms with Crippen molar-refractivity contribution in [2.45, 2.75) is 5.22 Å². The molecule has 0 unspecified atom stereocenters. The van der Waals surface area contributed by atoms with Crippen LogP contribution in [0, 0.1) is 0 Å². The molecule has 0 aliphatic carbocycles. The Morgan fingerprint density at radius 3 is 2.78 bits per heavy atom. The Bertz CT molecular complexity index is 461. The van der Waals surface area contributed by atoms with Crippen molar-refractivity contribution in [3.8, 4) is 11.5 Å². The highest BCUT2D eigenvalue weighted by Gasteiger charge is 2.07. The molecule has 6 heteroatoms. The minimum Gasteiger partial charge on any atom is -0.411 e. The number of hydrogen-bond donors (Lipinski definition) is 1. The van der Waals surface area contributed by atoms with Gasteiger partial charge in [0, 0.05) is 11.3 Å². The van der Waals surface area contributed by atoms with E-state index in [1.54, 1.807) is 0 Å². The molecule has 2 rings (SSSR count). The van der Waals surface area contributed by atoms with Crippen molar-refractivity contribution in [3.05, 3.63) is 30.3 Å². The van der Waals surface area contributed by atoms with Crippen LogP contribution >= 0.6 is 11.8 Å². The van der Waals surface area contributed by atoms with E-state index in [2.05, 4.69) is 10.2 Å². The molecule has 0 radical (unpaired) electrons. The number of aliphatic hydroxyl groups excluding tert-OH is 1. The fourth-order valence-electron chi connectivity index (χ4n) is 1.32. The summed E-state index contributed by atoms with van der Waals surface area (Å²) >= 11 is 1.44. The van der Waals surface area contributed by atoms with Crippen molar-refractivity contribution in [1.82, 2.24) is 10.2 Å². The first-order valence-electron chi connectivity index (χ1n) is 5.60. The van der Waals surface area contributed by atoms with E-state index in [-0.39, 0.29) is 6.61 Å². The highest BCUT2D eigenvalue weighted by atomic mass is 32.2. The van der Waals surface area contributed by atoms with E-state index in [1.807, 2.05) is 30.3 Å². The number of benzene rings is 1. The van der Waals surface area contributed by atoms with E-state index in [9.17, 15) is 0 Å². The molecule has 1 N–H and O–H groups in total. The van der Waals surface area contributed by atoms with Crippen LogP contribution in [0.25, 0.3) is 11.5 Å². The third-order valence-corrected chi connectivity index (χ3v) is 2.90. The summed E-state index contributed by atoms with van der Waals surface area (Å²) in [5, 5.41) is 17.0. The normalized spacial score (nSPS) is 10.7. The standard InChI is InChI=1S/C12H14N2O3S/c15-6-7-16-8-9-18-12-14-13-11(17-12)10-4-2-1-3-5-10/h1-5,15H,6-9H2. The minimum absolute atomic E-state index is 0.0450. The Balaban J connectivity index is 1.83. The number of nitrogens with zero attached hydrogens (tertiary/aromatic N) is 2. The molecule has 18 heavy (non-hydrogen) atoms. The largest absolute Gasteiger partial charge is 0.411 e. The maximum absolute atomic E-state index is 8.54. The molecule has 0 saturated carbocycles. The van der Waals surface area contributed by atoms with Crippen molar-refractivity contribution in [3.63, 3.8) is 0 Å². The van der Waals surface area contributed by atoms with Crippen LogP contribution in [0.15, 0.2) is 40.0 Å². The number of aliphatic hydroxyl groups is 1. The van der Waals surface area contributed by atoms with Gasteiger partial charge in [0.15, 0.2) is 0 Å². The SMILES string of the molecule is OCCOCCSc1nnc(-c2ccccc2)o1. The number of ether oxygens (including phenoxy) is 1. The van der Waals surface area contributed by atoms with Gasteiger partial charge in [-0.1, -0.05) is 30.0 Å². The Morgan fingerprint density at radius 1 is 1.17 bits per heavy atom. The molecular formula is C12H14N2O3S. The van der Waals surface area contributed by atoms with Crippen molar-refractivity contribution in [2.24, 2.45) is 0 Å². The first-order valence-corrected chi connectivity index (χ1v) is 6.59. The lowest BCUT2D eigenvalue weighted by molar-refractivity contribution is 0.103. The summed E-state index contributed by atoms with van der Waals surface area (Å²) in [5.74, 6) is 1.24. The van der Waals surface area contributed by atoms with Crippen LogP contribution in [0.1, 0.15) is 0 Å². The van der Waals surface area contributed by atoms with Crippen molar-refractivity contribution < 1.29 is 14.3 Å². The molecule has 2 aromatic rings. The summed E-state index contributed by atoms with van der Waals surface area (Å²) in [4.78, 5) is 0. The van der Waals surface area contributed by atoms with Crippen LogP contribution in [0.4, 0.5) is 0 Å². The summed E-state index contributed by atoms with van der Waals surface area (Å²) in [6.07, 6.45) is 0. The van der Waals surface area contributed by atoms with Gasteiger partial charge in [0.05, 0.1) is 19.8 Å². The van der Waals surface area contributed by atoms with Crippen molar-refractivity contribution in [1.29, 1.82) is 0 Å². The third-order valence-electron chi connectivity index (χ3n) is 2.12. The van der Waals surface area contributed by atoms with E-state index in [1.165, 1.54) is 11.8 Å². The van der Waals surface area contributed by atoms with Gasteiger partial charge in [-0.05, 0) is 12.1 Å². The van der Waals surface area contributed by atoms with Gasteiger partial charge in [-0.15, -0.1) is 10.2 Å². The Hall–Kier alpha value is -1.37. The molecule has 1 aromatic carbocycles. The molecule has 0 spiro atoms. The first-order chi connectivity index (χ1) is 8.90. The summed E-state index contributed by atoms with van der Waals surface area (Å²) in [5.41, 5.74) is 0.911. The first kappa shape index (κ1) is 13.1. The van der Waals surface area contributed by atoms with Gasteiger partial charge in [-0.3, -0.25) is 0 Å². The van der Waals surface area contributed by atoms with E-state index < -0.39 is 0 Å². The van der Waals surface area contributed by atoms with Crippen LogP contribution in [0.3, 0.4) is 0 Å². The molecule has 0 saturated heterocycles. The highest BCUT2D eigenvalue weighted by molar-refractivity contribution is 7.99. The molecular weight excluding hydrogens is 252 g/mol. The molecule has 0 fully saturated rings. The third kappa shape index (κ3) is 3.83. The van der Waals surface area contributed by atoms with Gasteiger partial charge in [0.1, 0.15) is 0 Å². The predicted molar refractivity (Wildman–Crippen MR) is 68.4 cm³/mol. The van der Waals surface area contributed by atoms with Crippen LogP contribution in [-0.4, -0.2) is 40.9 Å². The molecule has 0 aliphatic heterocycles. The Morgan fingerprint density at radius 2 is 2.00 bits per heavy atom. The van der Waals surface area contributed by atoms with Gasteiger partial charge in [0.2, 0.25) is 5.89 Å². The minimum atomic E-state index is 0.0450. The smallest absolute Gasteiger partial charge is 0.276 e. The van der Waals surface area contributed by atoms with Gasteiger partial charge < -0.3 is 14.3 Å². The van der Waals surface area contributed by atoms with Crippen LogP contribution < -0.4 is 0 Å². The van der Waals surface area contributed by atoms with Crippen LogP contribution in [-0.2, 0) is 4.74 Å². The van der Waals surface area contributed by atoms with Crippen LogP contribution in [0.2, 0.25) is 0 Å². The van der Waals surface area contributed by atoms with Crippen molar-refractivity contribution >= 4 is 11.8 Å². The van der Waals surface area contributed by atoms with Gasteiger partial charge in [-0.2, -0.15) is 0 Å². The Labute approximate surface area is 109 Å². The summed E-state index contributed by atoms with van der Waals surface area (Å²) < 4.78 is 10.6. The second-order valence-corrected chi connectivity index (χ2v) is 4.47. The predicted octanol–water partition coefficient (Wildman–Crippen LogP) is 1.84. The number of aromatic nitrogens is 2. The van der Waals surface area contributed by atoms with E-state index in [0.717, 1.165) is 11.3 Å². The molecule has 0 aliphatic rings. The lowest BCUT2D eigenvalue weighted by Crippen LogP contribution is -2.02. The van der Waals surface area contributed by atoms with E-state index >= 15 is 0 Å². The quantitative estimate of drug-likeness (QED) is 0.609. The zero-order chi connectivity index (χ0) is 12.6. The topological polar surface area (TPSA) is 68.4 Å². The maximum atomic E-state index is 8.54. The molecule has 0 bridgehead atoms. The number of thioether (sulfide) groups is 1. The van der Waals surface area contributed by atoms with Gasteiger partial charge in [-0.25, -0.2) is 0 Å². The lowest BCUT2D eigenvalue weighted by Gasteiger charge is -1.98. The van der Waals surface area contributed by atoms with Crippen LogP contribution in [0.5, 0.6) is 0 Å². The van der Waals surface area contributed by atoms with E-state index in [0.29, 0.717) is 24.3 Å². The van der Waals surface area contributed by atoms with Crippen molar-refractivity contribution in [2.75, 3.05) is 25.6 Å². The molecule has 1 heterocycles. The molecule has 5 nitrogen and oxygen atoms in total. The molecule has 1 aromatic heterocycles. The fourth-order valence-corrected chi connectivity index (χ4v) is 1.93. The summed E-state index contributed by atoms with van der Waals surface area (Å²) in [6.45, 7) is 0.956. The summed E-state index contributed by atoms with van der Waals surface area (Å²) in [7, 11) is 0. The monoisotopic (exact) mass is 266 g/mol. The number of hydrogen-bond acceptors (Lipinski definition) is 6. The van der Waals surface area contributed by atoms with E-state index in [4.69, 9.17) is 14.3 Å². The molecule has 0 atom stereocenters. The van der Waals surface area contributed by atoms with Gasteiger partial charge >= 0.3 is 0 Å². The Kier molecular flexibility index (Phi) is 5.19. The molecule has 96 valence electrons. The highest BCUT2D eigenvalue weighted by Crippen LogP contribution is 2.22. The average Bonchev–Trinajstić information content (AvgIpc) is 2.88. The summed E-state index contributed by atoms with van der Waals surface area (Å²) in [6, 6.07) is 9.64. The molecule has 0 amide bonds. The number of rotatable bonds is 7. The fraction of sp³-hybridized carbons (Fsp3) is 0.333.